The Hall–Kier alpha value is -14.3. The van der Waals surface area contributed by atoms with Crippen LogP contribution >= 0.6 is 0 Å². The molecule has 0 aliphatic carbocycles. The lowest BCUT2D eigenvalue weighted by Gasteiger charge is -2.43. The van der Waals surface area contributed by atoms with Crippen molar-refractivity contribution >= 4 is 124 Å². The predicted octanol–water partition coefficient (Wildman–Crippen LogP) is 9.95. The molecule has 37 heteroatoms. The Morgan fingerprint density at radius 3 is 0.756 bits per heavy atom. The van der Waals surface area contributed by atoms with Gasteiger partial charge in [0, 0.05) is 134 Å². The Morgan fingerprint density at radius 1 is 0.299 bits per heavy atom. The number of hydrogen-bond acceptors (Lipinski definition) is 34. The van der Waals surface area contributed by atoms with E-state index in [-0.39, 0.29) is 36.7 Å². The van der Waals surface area contributed by atoms with Crippen LogP contribution in [0.3, 0.4) is 0 Å². The number of carbonyl (C=O) groups is 13. The third-order valence-corrected chi connectivity index (χ3v) is 19.7. The molecular weight excluding hydrogens is 1660 g/mol. The number of esters is 12. The molecule has 3 aromatic heterocycles. The zero-order chi connectivity index (χ0) is 91.2. The number of nitrogens with zero attached hydrogens (tertiary/aromatic N) is 2. The van der Waals surface area contributed by atoms with Crippen LogP contribution in [0.15, 0.2) is 121 Å². The van der Waals surface area contributed by atoms with Gasteiger partial charge in [-0.1, -0.05) is 48.5 Å². The van der Waals surface area contributed by atoms with Crippen LogP contribution in [0.5, 0.6) is 23.0 Å². The Balaban J connectivity index is 1.05. The van der Waals surface area contributed by atoms with Crippen molar-refractivity contribution < 1.29 is 157 Å². The molecule has 0 spiro atoms. The van der Waals surface area contributed by atoms with Crippen LogP contribution in [-0.2, 0) is 133 Å². The molecule has 3 saturated heterocycles. The van der Waals surface area contributed by atoms with Crippen LogP contribution in [-0.4, -0.2) is 221 Å². The van der Waals surface area contributed by atoms with Crippen molar-refractivity contribution in [3.63, 3.8) is 0 Å². The van der Waals surface area contributed by atoms with E-state index in [4.69, 9.17) is 100.0 Å². The molecule has 4 aromatic carbocycles. The number of fused-ring (bicyclic) bond motifs is 8. The monoisotopic (exact) mass is 1750 g/mol. The average molecular weight is 1760 g/mol. The number of carboxylic acids is 1. The van der Waals surface area contributed by atoms with E-state index in [0.29, 0.717) is 95.1 Å². The minimum atomic E-state index is -1.62. The van der Waals surface area contributed by atoms with E-state index >= 15 is 0 Å². The van der Waals surface area contributed by atoms with Crippen molar-refractivity contribution in [2.75, 3.05) is 26.4 Å². The highest BCUT2D eigenvalue weighted by Crippen LogP contribution is 2.43. The summed E-state index contributed by atoms with van der Waals surface area (Å²) < 4.78 is 111. The zero-order valence-corrected chi connectivity index (χ0v) is 70.7. The molecule has 0 radical (unpaired) electrons. The summed E-state index contributed by atoms with van der Waals surface area (Å²) in [6, 6.07) is 34.2. The van der Waals surface area contributed by atoms with Gasteiger partial charge in [-0.05, 0) is 126 Å². The summed E-state index contributed by atoms with van der Waals surface area (Å²) in [7, 11) is 0. The third kappa shape index (κ3) is 23.4. The zero-order valence-electron chi connectivity index (χ0n) is 70.7. The molecule has 15 atom stereocenters. The summed E-state index contributed by atoms with van der Waals surface area (Å²) in [6.45, 7) is 11.8. The van der Waals surface area contributed by atoms with Gasteiger partial charge >= 0.3 is 77.6 Å². The molecular formula is C90H90N4O33. The standard InChI is InChI=1S/C90H90N4O33/c1-43(95)110-40-71-79(113-46(4)98)82(116-49(7)101)85(119-52(10)104)88(125-71)122-60-25-17-56(18-26-60)76-65-33-31-63(91-65)75(55-15-23-59(24-16-55)109-39-13-14-74(107)108)64-32-34-66(92-64)77(57-19-27-61(28-20-57)123-89-86(120-53(11)105)83(117-50(8)102)80(114-47(5)99)72(126-89)41-111-44(2)96)68-36-38-70(94-68)78(69-37-35-67(76)93-69)58-21-29-62(30-22-58)124-90-87(121-54(12)106)84(118-51(9)103)81(115-48(6)100)73(127-90)42-112-45(3)97/h15-38,71-73,79-91,94H,13-14,39-42H2,1-12H3,(H,107,108)/t71-,72-,73-,79-,80-,81-,82+,83+,84+,85-,86-,87-,88-,89-,90-/m1/s1. The number of aromatic amines is 2. The van der Waals surface area contributed by atoms with E-state index in [1.54, 1.807) is 97.1 Å². The van der Waals surface area contributed by atoms with Gasteiger partial charge in [-0.25, -0.2) is 9.97 Å². The molecule has 0 unspecified atom stereocenters. The summed E-state index contributed by atoms with van der Waals surface area (Å²) in [5.74, 6) is -10.1. The van der Waals surface area contributed by atoms with Crippen molar-refractivity contribution in [1.82, 2.24) is 19.9 Å². The molecule has 668 valence electrons. The Morgan fingerprint density at radius 2 is 0.528 bits per heavy atom. The number of nitrogens with one attached hydrogen (secondary N) is 2. The molecule has 3 fully saturated rings. The van der Waals surface area contributed by atoms with Crippen LogP contribution < -0.4 is 18.9 Å². The lowest BCUT2D eigenvalue weighted by molar-refractivity contribution is -0.288. The Bertz CT molecular complexity index is 5450. The first kappa shape index (κ1) is 91.9. The van der Waals surface area contributed by atoms with Crippen molar-refractivity contribution in [2.45, 2.75) is 188 Å². The number of aromatic nitrogens is 4. The van der Waals surface area contributed by atoms with Gasteiger partial charge in [0.2, 0.25) is 37.2 Å². The van der Waals surface area contributed by atoms with E-state index in [0.717, 1.165) is 83.1 Å². The average Bonchev–Trinajstić information content (AvgIpc) is 1.66. The highest BCUT2D eigenvalue weighted by Gasteiger charge is 2.57. The molecule has 37 nitrogen and oxygen atoms in total. The van der Waals surface area contributed by atoms with Gasteiger partial charge in [0.15, 0.2) is 36.6 Å². The van der Waals surface area contributed by atoms with E-state index in [2.05, 4.69) is 9.97 Å². The first-order chi connectivity index (χ1) is 60.6. The topological polar surface area (TPSA) is 475 Å². The molecule has 7 aromatic rings. The summed E-state index contributed by atoms with van der Waals surface area (Å²) in [5, 5.41) is 9.37. The number of carbonyl (C=O) groups excluding carboxylic acids is 12. The summed E-state index contributed by atoms with van der Waals surface area (Å²) >= 11 is 0. The van der Waals surface area contributed by atoms with Crippen molar-refractivity contribution in [2.24, 2.45) is 0 Å². The van der Waals surface area contributed by atoms with Gasteiger partial charge in [0.1, 0.15) is 61.1 Å². The predicted molar refractivity (Wildman–Crippen MR) is 441 cm³/mol. The van der Waals surface area contributed by atoms with Gasteiger partial charge in [-0.3, -0.25) is 62.3 Å². The highest BCUT2D eigenvalue weighted by atomic mass is 16.8. The van der Waals surface area contributed by atoms with Crippen LogP contribution in [0.4, 0.5) is 0 Å². The van der Waals surface area contributed by atoms with Gasteiger partial charge in [-0.15, -0.1) is 0 Å². The fourth-order valence-electron chi connectivity index (χ4n) is 14.9. The maximum absolute atomic E-state index is 12.9. The number of H-pyrrole nitrogens is 2. The second-order valence-electron chi connectivity index (χ2n) is 29.5. The largest absolute Gasteiger partial charge is 0.494 e. The van der Waals surface area contributed by atoms with Crippen molar-refractivity contribution in [3.8, 4) is 67.5 Å². The fourth-order valence-corrected chi connectivity index (χ4v) is 14.9. The highest BCUT2D eigenvalue weighted by molar-refractivity contribution is 6.00. The smallest absolute Gasteiger partial charge is 0.303 e. The number of hydrogen-bond donors (Lipinski definition) is 3. The Labute approximate surface area is 724 Å². The molecule has 0 saturated carbocycles. The fraction of sp³-hybridized carbons (Fsp3) is 0.367. The van der Waals surface area contributed by atoms with Gasteiger partial charge < -0.3 is 105 Å². The summed E-state index contributed by atoms with van der Waals surface area (Å²) in [6.07, 6.45) is -15.3. The number of rotatable bonds is 30. The number of benzene rings is 4. The van der Waals surface area contributed by atoms with E-state index < -0.39 is 190 Å². The lowest BCUT2D eigenvalue weighted by Crippen LogP contribution is -2.63. The number of ether oxygens (including phenoxy) is 19. The maximum Gasteiger partial charge on any atom is 0.303 e. The van der Waals surface area contributed by atoms with Crippen molar-refractivity contribution in [3.05, 3.63) is 144 Å². The second kappa shape index (κ2) is 41.0. The molecule has 127 heavy (non-hydrogen) atoms. The first-order valence-corrected chi connectivity index (χ1v) is 39.9. The van der Waals surface area contributed by atoms with E-state index in [1.165, 1.54) is 0 Å². The van der Waals surface area contributed by atoms with E-state index in [1.807, 2.05) is 48.6 Å². The SMILES string of the molecule is CC(=O)OC[C@H]1O[C@@H](Oc2ccc(-c3c4nc(c(-c5ccc(O[C@@H]6O[C@H](COC(C)=O)[C@@H](OC(C)=O)[C@H](OC(C)=O)[C@H]6OC(C)=O)cc5)c5ccc([nH]5)c(-c5ccc(O[C@@H]6O[C@H](COC(C)=O)[C@@H](OC(C)=O)[C@H](OC(C)=O)[C@H]6OC(C)=O)cc5)c5nc(c(-c6ccc(OCCCC(=O)O)cc6)c6ccc3[nH]6)C=C5)C=C4)cc2)[C@H](OC(C)=O)[C@@H](OC(C)=O)[C@@H]1OC(C)=O. The first-order valence-electron chi connectivity index (χ1n) is 39.9. The normalized spacial score (nSPS) is 22.1. The quantitative estimate of drug-likeness (QED) is 0.0214. The number of aliphatic carboxylic acids is 1. The van der Waals surface area contributed by atoms with E-state index in [9.17, 15) is 67.4 Å². The van der Waals surface area contributed by atoms with Gasteiger partial charge in [0.25, 0.3) is 0 Å². The van der Waals surface area contributed by atoms with Crippen LogP contribution in [0.1, 0.15) is 119 Å². The third-order valence-electron chi connectivity index (χ3n) is 19.7. The van der Waals surface area contributed by atoms with Crippen molar-refractivity contribution in [1.29, 1.82) is 0 Å². The number of carboxylic acid groups (broad SMARTS) is 1. The second-order valence-corrected chi connectivity index (χ2v) is 29.5. The molecule has 5 aliphatic rings. The summed E-state index contributed by atoms with van der Waals surface area (Å²) in [4.78, 5) is 181. The minimum Gasteiger partial charge on any atom is -0.494 e. The van der Waals surface area contributed by atoms with Crippen LogP contribution in [0, 0.1) is 0 Å². The van der Waals surface area contributed by atoms with Gasteiger partial charge in [0.05, 0.1) is 29.4 Å². The summed E-state index contributed by atoms with van der Waals surface area (Å²) in [5.41, 5.74) is 7.77. The molecule has 8 bridgehead atoms. The molecule has 12 rings (SSSR count). The molecule has 8 heterocycles. The van der Waals surface area contributed by atoms with Crippen LogP contribution in [0.25, 0.3) is 90.9 Å². The molecule has 3 N–H and O–H groups in total. The lowest BCUT2D eigenvalue weighted by atomic mass is 9.98. The van der Waals surface area contributed by atoms with Crippen LogP contribution in [0.2, 0.25) is 0 Å². The Kier molecular flexibility index (Phi) is 29.6. The maximum atomic E-state index is 12.9. The van der Waals surface area contributed by atoms with Gasteiger partial charge in [-0.2, -0.15) is 0 Å². The molecule has 0 amide bonds. The minimum absolute atomic E-state index is 0.0882. The molecule has 5 aliphatic heterocycles.